The van der Waals surface area contributed by atoms with E-state index in [0.717, 1.165) is 16.7 Å². The minimum atomic E-state index is -0.970. The highest BCUT2D eigenvalue weighted by atomic mass is 16.8. The first-order valence-corrected chi connectivity index (χ1v) is 8.92. The molecule has 0 bridgehead atoms. The van der Waals surface area contributed by atoms with Gasteiger partial charge in [0.15, 0.2) is 6.79 Å². The fourth-order valence-electron chi connectivity index (χ4n) is 2.84. The maximum atomic E-state index is 13.2. The number of carbonyl (C=O) groups is 2. The molecule has 0 atom stereocenters. The van der Waals surface area contributed by atoms with E-state index in [4.69, 9.17) is 14.3 Å². The van der Waals surface area contributed by atoms with E-state index in [1.165, 1.54) is 12.2 Å². The molecular weight excluding hydrogens is 346 g/mol. The van der Waals surface area contributed by atoms with Crippen molar-refractivity contribution in [2.24, 2.45) is 5.41 Å². The van der Waals surface area contributed by atoms with Crippen LogP contribution in [-0.2, 0) is 23.9 Å². The van der Waals surface area contributed by atoms with Gasteiger partial charge >= 0.3 is 5.97 Å². The van der Waals surface area contributed by atoms with Gasteiger partial charge < -0.3 is 9.47 Å². The molecule has 0 saturated carbocycles. The summed E-state index contributed by atoms with van der Waals surface area (Å²) in [5.41, 5.74) is 1.31. The second kappa shape index (κ2) is 7.44. The second-order valence-electron chi connectivity index (χ2n) is 8.36. The van der Waals surface area contributed by atoms with Crippen LogP contribution in [0.5, 0.6) is 0 Å². The molecule has 0 spiro atoms. The Hall–Kier alpha value is -2.18. The zero-order chi connectivity index (χ0) is 20.6. The van der Waals surface area contributed by atoms with Gasteiger partial charge in [-0.2, -0.15) is 0 Å². The number of carbonyl (C=O) groups excluding carboxylic acids is 2. The van der Waals surface area contributed by atoms with Crippen LogP contribution in [0.2, 0.25) is 0 Å². The van der Waals surface area contributed by atoms with Gasteiger partial charge in [0, 0.05) is 7.11 Å². The lowest BCUT2D eigenvalue weighted by Crippen LogP contribution is -2.45. The molecule has 148 valence electrons. The van der Waals surface area contributed by atoms with E-state index in [9.17, 15) is 9.59 Å². The number of ether oxygens (including phenoxy) is 2. The van der Waals surface area contributed by atoms with Gasteiger partial charge in [-0.05, 0) is 59.6 Å². The number of hydroxylamine groups is 2. The van der Waals surface area contributed by atoms with Crippen molar-refractivity contribution in [1.29, 1.82) is 0 Å². The highest BCUT2D eigenvalue weighted by molar-refractivity contribution is 6.23. The fraction of sp³-hybridized carbons (Fsp3) is 0.524. The van der Waals surface area contributed by atoms with Crippen molar-refractivity contribution >= 4 is 17.4 Å². The fourth-order valence-corrected chi connectivity index (χ4v) is 2.84. The highest BCUT2D eigenvalue weighted by Gasteiger charge is 2.50. The maximum absolute atomic E-state index is 13.2. The second-order valence-corrected chi connectivity index (χ2v) is 8.36. The predicted molar refractivity (Wildman–Crippen MR) is 102 cm³/mol. The standard InChI is InChI=1S/C21H29NO5/c1-13-9-10-14(2)15(11-13)16-17(27-19(24)20(3,4)5)21(6,7)22(18(16)23)26-12-25-8/h9-11H,12H2,1-8H3. The Balaban J connectivity index is 2.65. The summed E-state index contributed by atoms with van der Waals surface area (Å²) < 4.78 is 10.7. The van der Waals surface area contributed by atoms with E-state index in [1.807, 2.05) is 32.0 Å². The first-order valence-electron chi connectivity index (χ1n) is 8.92. The number of nitrogens with zero attached hydrogens (tertiary/aromatic N) is 1. The van der Waals surface area contributed by atoms with Crippen molar-refractivity contribution in [3.05, 3.63) is 40.6 Å². The molecule has 0 fully saturated rings. The number of hydrogen-bond donors (Lipinski definition) is 0. The molecule has 1 aromatic carbocycles. The van der Waals surface area contributed by atoms with E-state index >= 15 is 0 Å². The van der Waals surface area contributed by atoms with E-state index in [1.54, 1.807) is 34.6 Å². The van der Waals surface area contributed by atoms with Gasteiger partial charge in [-0.25, -0.2) is 9.90 Å². The third-order valence-electron chi connectivity index (χ3n) is 4.46. The van der Waals surface area contributed by atoms with Gasteiger partial charge in [0.25, 0.3) is 5.91 Å². The number of methoxy groups -OCH3 is 1. The summed E-state index contributed by atoms with van der Waals surface area (Å²) in [6.07, 6.45) is 0. The number of benzene rings is 1. The highest BCUT2D eigenvalue weighted by Crippen LogP contribution is 2.42. The van der Waals surface area contributed by atoms with Crippen molar-refractivity contribution in [1.82, 2.24) is 5.06 Å². The summed E-state index contributed by atoms with van der Waals surface area (Å²) in [5.74, 6) is -0.477. The van der Waals surface area contributed by atoms with Gasteiger partial charge in [0.2, 0.25) is 0 Å². The van der Waals surface area contributed by atoms with Gasteiger partial charge in [0.05, 0.1) is 11.0 Å². The monoisotopic (exact) mass is 375 g/mol. The van der Waals surface area contributed by atoms with Crippen molar-refractivity contribution in [3.63, 3.8) is 0 Å². The Labute approximate surface area is 161 Å². The van der Waals surface area contributed by atoms with E-state index in [0.29, 0.717) is 5.57 Å². The Morgan fingerprint density at radius 1 is 1.19 bits per heavy atom. The summed E-state index contributed by atoms with van der Waals surface area (Å²) >= 11 is 0. The Morgan fingerprint density at radius 2 is 1.81 bits per heavy atom. The van der Waals surface area contributed by atoms with Crippen LogP contribution in [0.1, 0.15) is 51.3 Å². The number of esters is 1. The number of aryl methyl sites for hydroxylation is 2. The molecule has 1 aliphatic heterocycles. The Kier molecular flexibility index (Phi) is 5.82. The third-order valence-corrected chi connectivity index (χ3v) is 4.46. The molecule has 0 aromatic heterocycles. The van der Waals surface area contributed by atoms with Gasteiger partial charge in [-0.1, -0.05) is 23.8 Å². The summed E-state index contributed by atoms with van der Waals surface area (Å²) in [6.45, 7) is 12.7. The van der Waals surface area contributed by atoms with Crippen LogP contribution >= 0.6 is 0 Å². The Bertz CT molecular complexity index is 786. The number of amides is 1. The van der Waals surface area contributed by atoms with Crippen LogP contribution in [0.15, 0.2) is 24.0 Å². The molecule has 27 heavy (non-hydrogen) atoms. The summed E-state index contributed by atoms with van der Waals surface area (Å²) in [5, 5.41) is 1.22. The molecule has 0 saturated heterocycles. The van der Waals surface area contributed by atoms with Gasteiger partial charge in [-0.3, -0.25) is 9.59 Å². The molecule has 0 unspecified atom stereocenters. The number of rotatable bonds is 5. The molecule has 1 heterocycles. The molecule has 0 N–H and O–H groups in total. The smallest absolute Gasteiger partial charge is 0.316 e. The molecule has 0 radical (unpaired) electrons. The summed E-state index contributed by atoms with van der Waals surface area (Å²) in [7, 11) is 1.48. The minimum absolute atomic E-state index is 0.0876. The molecule has 0 aliphatic carbocycles. The zero-order valence-corrected chi connectivity index (χ0v) is 17.4. The van der Waals surface area contributed by atoms with E-state index < -0.39 is 16.9 Å². The largest absolute Gasteiger partial charge is 0.427 e. The van der Waals surface area contributed by atoms with E-state index in [-0.39, 0.29) is 18.5 Å². The average molecular weight is 375 g/mol. The van der Waals surface area contributed by atoms with Crippen LogP contribution in [0, 0.1) is 19.3 Å². The number of hydrogen-bond acceptors (Lipinski definition) is 5. The molecule has 1 amide bonds. The first-order chi connectivity index (χ1) is 12.4. The van der Waals surface area contributed by atoms with Gasteiger partial charge in [-0.15, -0.1) is 0 Å². The van der Waals surface area contributed by atoms with E-state index in [2.05, 4.69) is 0 Å². The first kappa shape index (κ1) is 21.1. The molecule has 6 nitrogen and oxygen atoms in total. The van der Waals surface area contributed by atoms with Crippen molar-refractivity contribution in [3.8, 4) is 0 Å². The molecule has 2 rings (SSSR count). The lowest BCUT2D eigenvalue weighted by atomic mass is 9.94. The van der Waals surface area contributed by atoms with Crippen LogP contribution in [-0.4, -0.2) is 36.4 Å². The Morgan fingerprint density at radius 3 is 2.37 bits per heavy atom. The summed E-state index contributed by atoms with van der Waals surface area (Å²) in [6, 6.07) is 5.84. The molecular formula is C21H29NO5. The minimum Gasteiger partial charge on any atom is -0.427 e. The van der Waals surface area contributed by atoms with Crippen LogP contribution < -0.4 is 0 Å². The maximum Gasteiger partial charge on any atom is 0.316 e. The third kappa shape index (κ3) is 4.06. The van der Waals surface area contributed by atoms with Crippen LogP contribution in [0.4, 0.5) is 0 Å². The van der Waals surface area contributed by atoms with Gasteiger partial charge in [0.1, 0.15) is 11.3 Å². The molecule has 1 aliphatic rings. The lowest BCUT2D eigenvalue weighted by Gasteiger charge is -2.32. The van der Waals surface area contributed by atoms with Crippen molar-refractivity contribution < 1.29 is 23.9 Å². The zero-order valence-electron chi connectivity index (χ0n) is 17.4. The average Bonchev–Trinajstić information content (AvgIpc) is 2.73. The van der Waals surface area contributed by atoms with Crippen molar-refractivity contribution in [2.75, 3.05) is 13.9 Å². The quantitative estimate of drug-likeness (QED) is 0.579. The van der Waals surface area contributed by atoms with Crippen LogP contribution in [0.25, 0.3) is 5.57 Å². The molecule has 1 aromatic rings. The predicted octanol–water partition coefficient (Wildman–Crippen LogP) is 3.76. The van der Waals surface area contributed by atoms with Crippen LogP contribution in [0.3, 0.4) is 0 Å². The SMILES string of the molecule is COCON1C(=O)C(c2cc(C)ccc2C)=C(OC(=O)C(C)(C)C)C1(C)C. The summed E-state index contributed by atoms with van der Waals surface area (Å²) in [4.78, 5) is 31.4. The topological polar surface area (TPSA) is 65.1 Å². The normalized spacial score (nSPS) is 16.9. The molecule has 6 heteroatoms. The lowest BCUT2D eigenvalue weighted by molar-refractivity contribution is -0.239. The van der Waals surface area contributed by atoms with Crippen molar-refractivity contribution in [2.45, 2.75) is 54.0 Å².